The van der Waals surface area contributed by atoms with Gasteiger partial charge >= 0.3 is 0 Å². The van der Waals surface area contributed by atoms with E-state index >= 15 is 0 Å². The number of nitrogens with one attached hydrogen (secondary N) is 1. The van der Waals surface area contributed by atoms with Gasteiger partial charge in [-0.15, -0.1) is 0 Å². The van der Waals surface area contributed by atoms with Crippen LogP contribution in [0.4, 0.5) is 0 Å². The van der Waals surface area contributed by atoms with Gasteiger partial charge in [-0.25, -0.2) is 8.42 Å². The molecule has 2 aromatic carbocycles. The Labute approximate surface area is 190 Å². The second kappa shape index (κ2) is 10.4. The lowest BCUT2D eigenvalue weighted by Crippen LogP contribution is -2.42. The van der Waals surface area contributed by atoms with Crippen LogP contribution in [0.15, 0.2) is 47.4 Å². The quantitative estimate of drug-likeness (QED) is 0.651. The average Bonchev–Trinajstić information content (AvgIpc) is 2.82. The maximum atomic E-state index is 13.0. The summed E-state index contributed by atoms with van der Waals surface area (Å²) in [6, 6.07) is 12.5. The Morgan fingerprint density at radius 1 is 1.06 bits per heavy atom. The van der Waals surface area contributed by atoms with E-state index in [0.717, 1.165) is 11.1 Å². The molecule has 1 aliphatic heterocycles. The molecule has 174 valence electrons. The van der Waals surface area contributed by atoms with E-state index in [1.165, 1.54) is 4.31 Å². The van der Waals surface area contributed by atoms with E-state index in [4.69, 9.17) is 9.47 Å². The van der Waals surface area contributed by atoms with Gasteiger partial charge in [-0.1, -0.05) is 26.0 Å². The number of benzene rings is 2. The molecule has 1 amide bonds. The van der Waals surface area contributed by atoms with Gasteiger partial charge in [-0.05, 0) is 48.6 Å². The van der Waals surface area contributed by atoms with Crippen LogP contribution in [0.3, 0.4) is 0 Å². The van der Waals surface area contributed by atoms with Gasteiger partial charge in [-0.2, -0.15) is 4.31 Å². The summed E-state index contributed by atoms with van der Waals surface area (Å²) in [6.45, 7) is 5.15. The molecule has 1 heterocycles. The summed E-state index contributed by atoms with van der Waals surface area (Å²) < 4.78 is 38.0. The summed E-state index contributed by atoms with van der Waals surface area (Å²) in [7, 11) is -0.388. The molecule has 0 saturated carbocycles. The van der Waals surface area contributed by atoms with Crippen molar-refractivity contribution in [3.63, 3.8) is 0 Å². The molecule has 2 aromatic rings. The number of carbonyl (C=O) groups excluding carboxylic acids is 1. The van der Waals surface area contributed by atoms with Gasteiger partial charge in [0.2, 0.25) is 15.9 Å². The lowest BCUT2D eigenvalue weighted by atomic mass is 9.97. The van der Waals surface area contributed by atoms with Gasteiger partial charge in [0, 0.05) is 37.2 Å². The molecular formula is C24H32N2O5S. The number of hydrogen-bond acceptors (Lipinski definition) is 5. The van der Waals surface area contributed by atoms with Gasteiger partial charge in [0.1, 0.15) is 11.5 Å². The molecule has 0 radical (unpaired) electrons. The van der Waals surface area contributed by atoms with Crippen molar-refractivity contribution in [2.75, 3.05) is 27.3 Å². The van der Waals surface area contributed by atoms with E-state index in [2.05, 4.69) is 19.2 Å². The smallest absolute Gasteiger partial charge is 0.243 e. The fraction of sp³-hybridized carbons (Fsp3) is 0.458. The van der Waals surface area contributed by atoms with Crippen LogP contribution in [0, 0.1) is 5.92 Å². The van der Waals surface area contributed by atoms with Crippen molar-refractivity contribution in [3.05, 3.63) is 53.6 Å². The van der Waals surface area contributed by atoms with Crippen LogP contribution in [-0.4, -0.2) is 45.9 Å². The van der Waals surface area contributed by atoms with Gasteiger partial charge in [-0.3, -0.25) is 4.79 Å². The summed E-state index contributed by atoms with van der Waals surface area (Å²) in [6.07, 6.45) is 0.990. The Hall–Kier alpha value is -2.58. The largest absolute Gasteiger partial charge is 0.497 e. The van der Waals surface area contributed by atoms with E-state index < -0.39 is 10.0 Å². The number of carbonyl (C=O) groups is 1. The topological polar surface area (TPSA) is 84.9 Å². The molecule has 3 rings (SSSR count). The zero-order chi connectivity index (χ0) is 23.3. The van der Waals surface area contributed by atoms with E-state index in [0.29, 0.717) is 54.8 Å². The second-order valence-corrected chi connectivity index (χ2v) is 10.2. The zero-order valence-corrected chi connectivity index (χ0v) is 19.9. The van der Waals surface area contributed by atoms with Crippen LogP contribution in [0.25, 0.3) is 0 Å². The first-order valence-electron chi connectivity index (χ1n) is 10.8. The van der Waals surface area contributed by atoms with E-state index in [9.17, 15) is 13.2 Å². The first kappa shape index (κ1) is 24.1. The molecule has 8 heteroatoms. The highest BCUT2D eigenvalue weighted by Crippen LogP contribution is 2.27. The minimum absolute atomic E-state index is 0.0683. The molecule has 1 fully saturated rings. The fourth-order valence-electron chi connectivity index (χ4n) is 3.86. The van der Waals surface area contributed by atoms with Crippen molar-refractivity contribution < 1.29 is 22.7 Å². The molecule has 0 aromatic heterocycles. The predicted molar refractivity (Wildman–Crippen MR) is 123 cm³/mol. The van der Waals surface area contributed by atoms with Gasteiger partial charge in [0.05, 0.1) is 19.1 Å². The Balaban J connectivity index is 1.56. The van der Waals surface area contributed by atoms with Crippen LogP contribution in [-0.2, 0) is 21.4 Å². The lowest BCUT2D eigenvalue weighted by Gasteiger charge is -2.30. The van der Waals surface area contributed by atoms with Crippen LogP contribution in [0.5, 0.6) is 11.5 Å². The third-order valence-electron chi connectivity index (χ3n) is 5.96. The van der Waals surface area contributed by atoms with Crippen LogP contribution in [0.1, 0.15) is 43.7 Å². The summed E-state index contributed by atoms with van der Waals surface area (Å²) in [5, 5.41) is 2.96. The monoisotopic (exact) mass is 460 g/mol. The van der Waals surface area contributed by atoms with E-state index in [1.54, 1.807) is 32.4 Å². The molecule has 0 unspecified atom stereocenters. The van der Waals surface area contributed by atoms with Gasteiger partial charge in [0.25, 0.3) is 0 Å². The summed E-state index contributed by atoms with van der Waals surface area (Å²) in [5.41, 5.74) is 1.96. The average molecular weight is 461 g/mol. The first-order valence-corrected chi connectivity index (χ1v) is 12.3. The van der Waals surface area contributed by atoms with Crippen molar-refractivity contribution in [2.24, 2.45) is 5.92 Å². The standard InChI is InChI=1S/C24H32N2O5S/c1-17(2)18-6-9-22(10-7-18)32(28,29)26-13-11-19(12-14-26)24(27)25-16-20-5-8-21(30-3)15-23(20)31-4/h5-10,15,17,19H,11-14,16H2,1-4H3,(H,25,27). The molecule has 1 aliphatic rings. The van der Waals surface area contributed by atoms with Crippen LogP contribution < -0.4 is 14.8 Å². The first-order chi connectivity index (χ1) is 15.3. The third kappa shape index (κ3) is 5.42. The number of sulfonamides is 1. The minimum atomic E-state index is -3.55. The number of nitrogens with zero attached hydrogens (tertiary/aromatic N) is 1. The molecule has 0 bridgehead atoms. The highest BCUT2D eigenvalue weighted by molar-refractivity contribution is 7.89. The highest BCUT2D eigenvalue weighted by Gasteiger charge is 2.32. The van der Waals surface area contributed by atoms with Crippen molar-refractivity contribution in [2.45, 2.75) is 44.0 Å². The second-order valence-electron chi connectivity index (χ2n) is 8.30. The van der Waals surface area contributed by atoms with Crippen LogP contribution >= 0.6 is 0 Å². The predicted octanol–water partition coefficient (Wildman–Crippen LogP) is 3.54. The SMILES string of the molecule is COc1ccc(CNC(=O)C2CCN(S(=O)(=O)c3ccc(C(C)C)cc3)CC2)c(OC)c1. The number of amides is 1. The molecule has 32 heavy (non-hydrogen) atoms. The molecule has 0 aliphatic carbocycles. The summed E-state index contributed by atoms with van der Waals surface area (Å²) >= 11 is 0. The van der Waals surface area contributed by atoms with Crippen molar-refractivity contribution >= 4 is 15.9 Å². The number of hydrogen-bond donors (Lipinski definition) is 1. The summed E-state index contributed by atoms with van der Waals surface area (Å²) in [4.78, 5) is 13.0. The minimum Gasteiger partial charge on any atom is -0.497 e. The Kier molecular flexibility index (Phi) is 7.79. The number of rotatable bonds is 8. The lowest BCUT2D eigenvalue weighted by molar-refractivity contribution is -0.126. The molecule has 0 atom stereocenters. The maximum absolute atomic E-state index is 13.0. The molecule has 0 spiro atoms. The third-order valence-corrected chi connectivity index (χ3v) is 7.87. The number of ether oxygens (including phenoxy) is 2. The Morgan fingerprint density at radius 2 is 1.72 bits per heavy atom. The molecule has 1 saturated heterocycles. The number of piperidine rings is 1. The van der Waals surface area contributed by atoms with E-state index in [-0.39, 0.29) is 11.8 Å². The Bertz CT molecular complexity index is 1030. The van der Waals surface area contributed by atoms with Crippen LogP contribution in [0.2, 0.25) is 0 Å². The number of methoxy groups -OCH3 is 2. The van der Waals surface area contributed by atoms with Crippen molar-refractivity contribution in [1.82, 2.24) is 9.62 Å². The fourth-order valence-corrected chi connectivity index (χ4v) is 5.33. The molecular weight excluding hydrogens is 428 g/mol. The zero-order valence-electron chi connectivity index (χ0n) is 19.1. The summed E-state index contributed by atoms with van der Waals surface area (Å²) in [5.74, 6) is 1.40. The Morgan fingerprint density at radius 3 is 2.28 bits per heavy atom. The van der Waals surface area contributed by atoms with Crippen molar-refractivity contribution in [3.8, 4) is 11.5 Å². The van der Waals surface area contributed by atoms with Gasteiger partial charge < -0.3 is 14.8 Å². The van der Waals surface area contributed by atoms with Crippen molar-refractivity contribution in [1.29, 1.82) is 0 Å². The van der Waals surface area contributed by atoms with Gasteiger partial charge in [0.15, 0.2) is 0 Å². The maximum Gasteiger partial charge on any atom is 0.243 e. The highest BCUT2D eigenvalue weighted by atomic mass is 32.2. The van der Waals surface area contributed by atoms with E-state index in [1.807, 2.05) is 24.3 Å². The molecule has 1 N–H and O–H groups in total. The normalized spacial score (nSPS) is 15.5. The molecule has 7 nitrogen and oxygen atoms in total.